The molecule has 0 bridgehead atoms. The van der Waals surface area contributed by atoms with Crippen LogP contribution >= 0.6 is 0 Å². The summed E-state index contributed by atoms with van der Waals surface area (Å²) in [7, 11) is 3.26. The summed E-state index contributed by atoms with van der Waals surface area (Å²) in [6, 6.07) is 8.30. The molecule has 1 aromatic carbocycles. The molecule has 1 aromatic heterocycles. The van der Waals surface area contributed by atoms with Crippen molar-refractivity contribution in [3.05, 3.63) is 53.5 Å². The van der Waals surface area contributed by atoms with Crippen molar-refractivity contribution in [3.63, 3.8) is 0 Å². The zero-order valence-corrected chi connectivity index (χ0v) is 11.8. The van der Waals surface area contributed by atoms with Crippen LogP contribution in [0.5, 0.6) is 0 Å². The van der Waals surface area contributed by atoms with E-state index in [0.717, 1.165) is 6.54 Å². The van der Waals surface area contributed by atoms with Gasteiger partial charge in [-0.1, -0.05) is 29.8 Å². The molecule has 0 radical (unpaired) electrons. The highest BCUT2D eigenvalue weighted by molar-refractivity contribution is 5.86. The van der Waals surface area contributed by atoms with Gasteiger partial charge >= 0.3 is 5.97 Å². The molecule has 5 nitrogen and oxygen atoms in total. The lowest BCUT2D eigenvalue weighted by molar-refractivity contribution is 0.0593. The van der Waals surface area contributed by atoms with Gasteiger partial charge in [0.25, 0.3) is 0 Å². The van der Waals surface area contributed by atoms with Gasteiger partial charge in [-0.2, -0.15) is 0 Å². The third kappa shape index (κ3) is 3.32. The number of aromatic nitrogens is 2. The number of rotatable bonds is 4. The van der Waals surface area contributed by atoms with Crippen molar-refractivity contribution in [2.45, 2.75) is 13.5 Å². The van der Waals surface area contributed by atoms with Gasteiger partial charge in [-0.05, 0) is 12.5 Å². The third-order valence-electron chi connectivity index (χ3n) is 2.93. The first-order chi connectivity index (χ1) is 9.60. The van der Waals surface area contributed by atoms with Crippen molar-refractivity contribution in [3.8, 4) is 0 Å². The Balaban J connectivity index is 2.09. The molecule has 0 aliphatic rings. The van der Waals surface area contributed by atoms with Crippen LogP contribution in [0.4, 0.5) is 5.82 Å². The highest BCUT2D eigenvalue weighted by Gasteiger charge is 2.09. The number of nitrogens with zero attached hydrogens (tertiary/aromatic N) is 3. The summed E-state index contributed by atoms with van der Waals surface area (Å²) in [5.74, 6) is 0.226. The van der Waals surface area contributed by atoms with E-state index in [1.54, 1.807) is 6.20 Å². The lowest BCUT2D eigenvalue weighted by atomic mass is 10.1. The number of carbonyl (C=O) groups is 1. The Hall–Kier alpha value is -2.43. The fourth-order valence-electron chi connectivity index (χ4n) is 1.89. The van der Waals surface area contributed by atoms with Crippen LogP contribution in [0.15, 0.2) is 36.7 Å². The van der Waals surface area contributed by atoms with Crippen molar-refractivity contribution in [2.24, 2.45) is 0 Å². The standard InChI is InChI=1S/C15H17N3O2/c1-11-5-4-6-12(7-11)10-18(2)14-9-16-13(8-17-14)15(19)20-3/h4-9H,10H2,1-3H3. The van der Waals surface area contributed by atoms with Crippen LogP contribution in [0.1, 0.15) is 21.6 Å². The largest absolute Gasteiger partial charge is 0.464 e. The SMILES string of the molecule is COC(=O)c1cnc(N(C)Cc2cccc(C)c2)cn1. The monoisotopic (exact) mass is 271 g/mol. The second-order valence-corrected chi connectivity index (χ2v) is 4.60. The molecule has 0 saturated carbocycles. The molecular weight excluding hydrogens is 254 g/mol. The molecule has 1 heterocycles. The lowest BCUT2D eigenvalue weighted by Gasteiger charge is -2.18. The van der Waals surface area contributed by atoms with E-state index in [0.29, 0.717) is 5.82 Å². The van der Waals surface area contributed by atoms with E-state index >= 15 is 0 Å². The molecule has 5 heteroatoms. The average Bonchev–Trinajstić information content (AvgIpc) is 2.46. The van der Waals surface area contributed by atoms with Crippen molar-refractivity contribution >= 4 is 11.8 Å². The van der Waals surface area contributed by atoms with Gasteiger partial charge in [-0.3, -0.25) is 0 Å². The number of ether oxygens (including phenoxy) is 1. The maximum atomic E-state index is 11.3. The Morgan fingerprint density at radius 2 is 2.10 bits per heavy atom. The number of aryl methyl sites for hydroxylation is 1. The van der Waals surface area contributed by atoms with Crippen LogP contribution in [-0.4, -0.2) is 30.1 Å². The minimum atomic E-state index is -0.481. The summed E-state index contributed by atoms with van der Waals surface area (Å²) in [6.07, 6.45) is 3.00. The Morgan fingerprint density at radius 1 is 1.30 bits per heavy atom. The zero-order valence-electron chi connectivity index (χ0n) is 11.8. The summed E-state index contributed by atoms with van der Waals surface area (Å²) in [5.41, 5.74) is 2.63. The number of anilines is 1. The van der Waals surface area contributed by atoms with E-state index in [2.05, 4.69) is 39.8 Å². The molecular formula is C15H17N3O2. The van der Waals surface area contributed by atoms with E-state index < -0.39 is 5.97 Å². The molecule has 0 N–H and O–H groups in total. The van der Waals surface area contributed by atoms with Crippen molar-refractivity contribution in [1.29, 1.82) is 0 Å². The third-order valence-corrected chi connectivity index (χ3v) is 2.93. The fraction of sp³-hybridized carbons (Fsp3) is 0.267. The molecule has 0 aliphatic carbocycles. The van der Waals surface area contributed by atoms with Gasteiger partial charge in [-0.15, -0.1) is 0 Å². The lowest BCUT2D eigenvalue weighted by Crippen LogP contribution is -2.18. The summed E-state index contributed by atoms with van der Waals surface area (Å²) >= 11 is 0. The van der Waals surface area contributed by atoms with Crippen molar-refractivity contribution in [1.82, 2.24) is 9.97 Å². The first-order valence-corrected chi connectivity index (χ1v) is 6.27. The number of hydrogen-bond donors (Lipinski definition) is 0. The Labute approximate surface area is 118 Å². The summed E-state index contributed by atoms with van der Waals surface area (Å²) < 4.78 is 4.59. The number of benzene rings is 1. The Morgan fingerprint density at radius 3 is 2.70 bits per heavy atom. The highest BCUT2D eigenvalue weighted by Crippen LogP contribution is 2.12. The predicted molar refractivity (Wildman–Crippen MR) is 76.7 cm³/mol. The second kappa shape index (κ2) is 6.14. The van der Waals surface area contributed by atoms with Gasteiger partial charge in [0.1, 0.15) is 5.82 Å². The number of hydrogen-bond acceptors (Lipinski definition) is 5. The van der Waals surface area contributed by atoms with Gasteiger partial charge in [0.05, 0.1) is 19.5 Å². The maximum absolute atomic E-state index is 11.3. The smallest absolute Gasteiger partial charge is 0.358 e. The quantitative estimate of drug-likeness (QED) is 0.798. The second-order valence-electron chi connectivity index (χ2n) is 4.60. The first kappa shape index (κ1) is 14.0. The number of esters is 1. The molecule has 0 aliphatic heterocycles. The van der Waals surface area contributed by atoms with Crippen LogP contribution in [0, 0.1) is 6.92 Å². The van der Waals surface area contributed by atoms with Gasteiger partial charge in [-0.25, -0.2) is 14.8 Å². The zero-order chi connectivity index (χ0) is 14.5. The van der Waals surface area contributed by atoms with Crippen LogP contribution in [-0.2, 0) is 11.3 Å². The van der Waals surface area contributed by atoms with Gasteiger partial charge in [0.15, 0.2) is 5.69 Å². The van der Waals surface area contributed by atoms with Crippen LogP contribution < -0.4 is 4.90 Å². The van der Waals surface area contributed by atoms with E-state index in [9.17, 15) is 4.79 Å². The molecule has 0 amide bonds. The summed E-state index contributed by atoms with van der Waals surface area (Å²) in [4.78, 5) is 21.5. The van der Waals surface area contributed by atoms with Gasteiger partial charge in [0, 0.05) is 13.6 Å². The van der Waals surface area contributed by atoms with E-state index in [4.69, 9.17) is 0 Å². The van der Waals surface area contributed by atoms with Crippen molar-refractivity contribution in [2.75, 3.05) is 19.1 Å². The predicted octanol–water partition coefficient (Wildman–Crippen LogP) is 2.21. The van der Waals surface area contributed by atoms with E-state index in [1.807, 2.05) is 18.0 Å². The molecule has 0 unspecified atom stereocenters. The minimum Gasteiger partial charge on any atom is -0.464 e. The van der Waals surface area contributed by atoms with Gasteiger partial charge in [0.2, 0.25) is 0 Å². The summed E-state index contributed by atoms with van der Waals surface area (Å²) in [6.45, 7) is 2.79. The normalized spacial score (nSPS) is 10.2. The number of carbonyl (C=O) groups excluding carboxylic acids is 1. The molecule has 0 atom stereocenters. The molecule has 2 rings (SSSR count). The van der Waals surface area contributed by atoms with Crippen LogP contribution in [0.25, 0.3) is 0 Å². The highest BCUT2D eigenvalue weighted by atomic mass is 16.5. The molecule has 0 saturated heterocycles. The summed E-state index contributed by atoms with van der Waals surface area (Å²) in [5, 5.41) is 0. The van der Waals surface area contributed by atoms with Crippen molar-refractivity contribution < 1.29 is 9.53 Å². The number of methoxy groups -OCH3 is 1. The van der Waals surface area contributed by atoms with E-state index in [-0.39, 0.29) is 5.69 Å². The molecule has 104 valence electrons. The molecule has 2 aromatic rings. The van der Waals surface area contributed by atoms with Crippen LogP contribution in [0.3, 0.4) is 0 Å². The Bertz CT molecular complexity index is 596. The molecule has 20 heavy (non-hydrogen) atoms. The first-order valence-electron chi connectivity index (χ1n) is 6.27. The minimum absolute atomic E-state index is 0.209. The maximum Gasteiger partial charge on any atom is 0.358 e. The van der Waals surface area contributed by atoms with Crippen LogP contribution in [0.2, 0.25) is 0 Å². The molecule has 0 fully saturated rings. The Kier molecular flexibility index (Phi) is 4.30. The fourth-order valence-corrected chi connectivity index (χ4v) is 1.89. The molecule has 0 spiro atoms. The van der Waals surface area contributed by atoms with E-state index in [1.165, 1.54) is 24.4 Å². The average molecular weight is 271 g/mol. The topological polar surface area (TPSA) is 55.3 Å². The van der Waals surface area contributed by atoms with Gasteiger partial charge < -0.3 is 9.64 Å².